The molecule has 86 valence electrons. The Hall–Kier alpha value is -0.830. The van der Waals surface area contributed by atoms with Crippen molar-refractivity contribution in [2.45, 2.75) is 53.2 Å². The number of imidazole rings is 1. The van der Waals surface area contributed by atoms with E-state index in [0.717, 1.165) is 24.8 Å². The molecule has 15 heavy (non-hydrogen) atoms. The van der Waals surface area contributed by atoms with Gasteiger partial charge in [0.25, 0.3) is 0 Å². The molecule has 1 rings (SSSR count). The number of aryl methyl sites for hydroxylation is 1. The third-order valence-corrected chi connectivity index (χ3v) is 2.42. The first-order valence-electron chi connectivity index (χ1n) is 5.83. The quantitative estimate of drug-likeness (QED) is 0.780. The van der Waals surface area contributed by atoms with Crippen molar-refractivity contribution in [1.29, 1.82) is 0 Å². The SMILES string of the molecule is CC(C)CCn1ccnc1CNC(C)C. The molecule has 0 spiro atoms. The third-order valence-electron chi connectivity index (χ3n) is 2.42. The molecular formula is C12H23N3. The summed E-state index contributed by atoms with van der Waals surface area (Å²) >= 11 is 0. The molecule has 1 heterocycles. The summed E-state index contributed by atoms with van der Waals surface area (Å²) < 4.78 is 2.25. The van der Waals surface area contributed by atoms with E-state index in [0.29, 0.717) is 6.04 Å². The maximum absolute atomic E-state index is 4.37. The van der Waals surface area contributed by atoms with E-state index in [1.165, 1.54) is 6.42 Å². The molecule has 0 saturated carbocycles. The van der Waals surface area contributed by atoms with E-state index in [1.54, 1.807) is 0 Å². The molecule has 1 aromatic heterocycles. The number of nitrogens with zero attached hydrogens (tertiary/aromatic N) is 2. The van der Waals surface area contributed by atoms with Gasteiger partial charge in [0.1, 0.15) is 5.82 Å². The van der Waals surface area contributed by atoms with Crippen LogP contribution in [0.2, 0.25) is 0 Å². The fraction of sp³-hybridized carbons (Fsp3) is 0.750. The van der Waals surface area contributed by atoms with Gasteiger partial charge < -0.3 is 9.88 Å². The maximum atomic E-state index is 4.37. The highest BCUT2D eigenvalue weighted by atomic mass is 15.1. The van der Waals surface area contributed by atoms with E-state index in [-0.39, 0.29) is 0 Å². The van der Waals surface area contributed by atoms with Crippen LogP contribution < -0.4 is 5.32 Å². The predicted molar refractivity (Wildman–Crippen MR) is 63.7 cm³/mol. The standard InChI is InChI=1S/C12H23N3/c1-10(2)5-7-15-8-6-13-12(15)9-14-11(3)4/h6,8,10-11,14H,5,7,9H2,1-4H3. The topological polar surface area (TPSA) is 29.9 Å². The monoisotopic (exact) mass is 209 g/mol. The first-order chi connectivity index (χ1) is 7.09. The summed E-state index contributed by atoms with van der Waals surface area (Å²) in [6, 6.07) is 0.514. The summed E-state index contributed by atoms with van der Waals surface area (Å²) in [5.74, 6) is 1.89. The zero-order valence-electron chi connectivity index (χ0n) is 10.3. The smallest absolute Gasteiger partial charge is 0.122 e. The normalized spacial score (nSPS) is 11.6. The lowest BCUT2D eigenvalue weighted by Crippen LogP contribution is -2.24. The van der Waals surface area contributed by atoms with E-state index in [9.17, 15) is 0 Å². The second-order valence-electron chi connectivity index (χ2n) is 4.75. The van der Waals surface area contributed by atoms with Crippen LogP contribution in [0.15, 0.2) is 12.4 Å². The van der Waals surface area contributed by atoms with Crippen LogP contribution in [0.1, 0.15) is 39.9 Å². The summed E-state index contributed by atoms with van der Waals surface area (Å²) in [6.45, 7) is 10.8. The first-order valence-corrected chi connectivity index (χ1v) is 5.83. The van der Waals surface area contributed by atoms with Crippen LogP contribution >= 0.6 is 0 Å². The number of nitrogens with one attached hydrogen (secondary N) is 1. The molecule has 0 aliphatic heterocycles. The van der Waals surface area contributed by atoms with Crippen molar-refractivity contribution < 1.29 is 0 Å². The highest BCUT2D eigenvalue weighted by Gasteiger charge is 2.03. The van der Waals surface area contributed by atoms with Crippen LogP contribution in [0.25, 0.3) is 0 Å². The number of rotatable bonds is 6. The maximum Gasteiger partial charge on any atom is 0.122 e. The minimum atomic E-state index is 0.514. The van der Waals surface area contributed by atoms with Gasteiger partial charge in [-0.3, -0.25) is 0 Å². The van der Waals surface area contributed by atoms with Gasteiger partial charge in [-0.2, -0.15) is 0 Å². The summed E-state index contributed by atoms with van der Waals surface area (Å²) in [4.78, 5) is 4.37. The number of aromatic nitrogens is 2. The predicted octanol–water partition coefficient (Wildman–Crippen LogP) is 2.43. The number of hydrogen-bond acceptors (Lipinski definition) is 2. The molecule has 0 fully saturated rings. The third kappa shape index (κ3) is 4.47. The molecule has 0 saturated heterocycles. The van der Waals surface area contributed by atoms with Crippen molar-refractivity contribution >= 4 is 0 Å². The molecule has 3 nitrogen and oxygen atoms in total. The first kappa shape index (κ1) is 12.2. The van der Waals surface area contributed by atoms with Crippen molar-refractivity contribution in [3.8, 4) is 0 Å². The van der Waals surface area contributed by atoms with Crippen molar-refractivity contribution in [3.05, 3.63) is 18.2 Å². The van der Waals surface area contributed by atoms with Gasteiger partial charge in [-0.05, 0) is 12.3 Å². The van der Waals surface area contributed by atoms with Crippen LogP contribution in [0, 0.1) is 5.92 Å². The van der Waals surface area contributed by atoms with Gasteiger partial charge in [0.15, 0.2) is 0 Å². The number of hydrogen-bond donors (Lipinski definition) is 1. The van der Waals surface area contributed by atoms with E-state index < -0.39 is 0 Å². The summed E-state index contributed by atoms with van der Waals surface area (Å²) in [5, 5.41) is 3.39. The molecule has 0 unspecified atom stereocenters. The van der Waals surface area contributed by atoms with Gasteiger partial charge in [-0.25, -0.2) is 4.98 Å². The minimum Gasteiger partial charge on any atom is -0.334 e. The second-order valence-corrected chi connectivity index (χ2v) is 4.75. The Bertz CT molecular complexity index is 250. The van der Waals surface area contributed by atoms with Gasteiger partial charge in [0.05, 0.1) is 6.54 Å². The van der Waals surface area contributed by atoms with Crippen LogP contribution in [0.3, 0.4) is 0 Å². The van der Waals surface area contributed by atoms with Gasteiger partial charge >= 0.3 is 0 Å². The zero-order chi connectivity index (χ0) is 11.3. The minimum absolute atomic E-state index is 0.514. The van der Waals surface area contributed by atoms with Crippen LogP contribution in [-0.2, 0) is 13.1 Å². The van der Waals surface area contributed by atoms with E-state index in [2.05, 4.69) is 48.8 Å². The molecule has 0 aliphatic carbocycles. The Morgan fingerprint density at radius 1 is 1.33 bits per heavy atom. The van der Waals surface area contributed by atoms with Crippen molar-refractivity contribution in [1.82, 2.24) is 14.9 Å². The highest BCUT2D eigenvalue weighted by molar-refractivity contribution is 4.92. The fourth-order valence-corrected chi connectivity index (χ4v) is 1.40. The Kier molecular flexibility index (Phi) is 4.82. The lowest BCUT2D eigenvalue weighted by Gasteiger charge is -2.11. The van der Waals surface area contributed by atoms with Crippen LogP contribution in [-0.4, -0.2) is 15.6 Å². The second kappa shape index (κ2) is 5.91. The Balaban J connectivity index is 2.46. The molecule has 1 N–H and O–H groups in total. The van der Waals surface area contributed by atoms with Gasteiger partial charge in [0.2, 0.25) is 0 Å². The molecule has 0 amide bonds. The van der Waals surface area contributed by atoms with E-state index in [1.807, 2.05) is 6.20 Å². The average molecular weight is 209 g/mol. The fourth-order valence-electron chi connectivity index (χ4n) is 1.40. The summed E-state index contributed by atoms with van der Waals surface area (Å²) in [5.41, 5.74) is 0. The van der Waals surface area contributed by atoms with Crippen molar-refractivity contribution in [2.24, 2.45) is 5.92 Å². The van der Waals surface area contributed by atoms with Crippen molar-refractivity contribution in [3.63, 3.8) is 0 Å². The molecule has 0 atom stereocenters. The molecule has 1 aromatic rings. The largest absolute Gasteiger partial charge is 0.334 e. The summed E-state index contributed by atoms with van der Waals surface area (Å²) in [7, 11) is 0. The average Bonchev–Trinajstić information content (AvgIpc) is 2.58. The lowest BCUT2D eigenvalue weighted by molar-refractivity contribution is 0.488. The molecule has 3 heteroatoms. The van der Waals surface area contributed by atoms with Crippen molar-refractivity contribution in [2.75, 3.05) is 0 Å². The Morgan fingerprint density at radius 3 is 2.67 bits per heavy atom. The van der Waals surface area contributed by atoms with Gasteiger partial charge in [0, 0.05) is 25.0 Å². The Morgan fingerprint density at radius 2 is 2.07 bits per heavy atom. The molecule has 0 aromatic carbocycles. The van der Waals surface area contributed by atoms with Crippen LogP contribution in [0.5, 0.6) is 0 Å². The van der Waals surface area contributed by atoms with E-state index in [4.69, 9.17) is 0 Å². The molecule has 0 radical (unpaired) electrons. The van der Waals surface area contributed by atoms with Crippen LogP contribution in [0.4, 0.5) is 0 Å². The molecule has 0 bridgehead atoms. The highest BCUT2D eigenvalue weighted by Crippen LogP contribution is 2.05. The molecular weight excluding hydrogens is 186 g/mol. The van der Waals surface area contributed by atoms with Gasteiger partial charge in [-0.15, -0.1) is 0 Å². The van der Waals surface area contributed by atoms with Gasteiger partial charge in [-0.1, -0.05) is 27.7 Å². The molecule has 0 aliphatic rings. The zero-order valence-corrected chi connectivity index (χ0v) is 10.3. The Labute approximate surface area is 92.9 Å². The lowest BCUT2D eigenvalue weighted by atomic mass is 10.1. The van der Waals surface area contributed by atoms with E-state index >= 15 is 0 Å². The summed E-state index contributed by atoms with van der Waals surface area (Å²) in [6.07, 6.45) is 5.17.